The molecule has 4 rings (SSSR count). The first-order valence-electron chi connectivity index (χ1n) is 8.95. The summed E-state index contributed by atoms with van der Waals surface area (Å²) in [5.41, 5.74) is 0.757. The van der Waals surface area contributed by atoms with Gasteiger partial charge in [-0.2, -0.15) is 5.10 Å². The van der Waals surface area contributed by atoms with Gasteiger partial charge in [0.25, 0.3) is 0 Å². The van der Waals surface area contributed by atoms with Crippen LogP contribution in [0.1, 0.15) is 12.5 Å². The second kappa shape index (κ2) is 8.01. The normalized spacial score (nSPS) is 17.0. The maximum absolute atomic E-state index is 12.3. The molecule has 1 aliphatic rings. The molecule has 138 valence electrons. The first-order valence-corrected chi connectivity index (χ1v) is 8.95. The molecular formula is C20H21N5O2. The fraction of sp³-hybridized carbons (Fsp3) is 0.250. The topological polar surface area (TPSA) is 72.3 Å². The van der Waals surface area contributed by atoms with E-state index in [-0.39, 0.29) is 11.9 Å². The van der Waals surface area contributed by atoms with E-state index in [2.05, 4.69) is 20.3 Å². The summed E-state index contributed by atoms with van der Waals surface area (Å²) in [7, 11) is 0. The van der Waals surface area contributed by atoms with Gasteiger partial charge in [0.2, 0.25) is 5.91 Å². The standard InChI is InChI=1S/C20H21N5O2/c26-20(13-24-11-10-17(12-24)25-15-21-14-22-25)23-16-6-8-19(9-7-16)27-18-4-2-1-3-5-18/h1-9,14-15,17H,10-13H2,(H,23,26). The summed E-state index contributed by atoms with van der Waals surface area (Å²) in [5, 5.41) is 7.12. The number of hydrogen-bond donors (Lipinski definition) is 1. The predicted molar refractivity (Wildman–Crippen MR) is 102 cm³/mol. The van der Waals surface area contributed by atoms with Gasteiger partial charge >= 0.3 is 0 Å². The smallest absolute Gasteiger partial charge is 0.238 e. The molecule has 1 amide bonds. The molecule has 1 saturated heterocycles. The number of carbonyl (C=O) groups excluding carboxylic acids is 1. The largest absolute Gasteiger partial charge is 0.457 e. The van der Waals surface area contributed by atoms with Crippen LogP contribution in [0.2, 0.25) is 0 Å². The Labute approximate surface area is 157 Å². The molecule has 1 aliphatic heterocycles. The monoisotopic (exact) mass is 363 g/mol. The Morgan fingerprint density at radius 2 is 1.89 bits per heavy atom. The van der Waals surface area contributed by atoms with Crippen LogP contribution in [0.4, 0.5) is 5.69 Å². The van der Waals surface area contributed by atoms with Crippen molar-refractivity contribution in [1.29, 1.82) is 0 Å². The van der Waals surface area contributed by atoms with E-state index in [1.54, 1.807) is 12.7 Å². The van der Waals surface area contributed by atoms with Crippen molar-refractivity contribution in [3.05, 3.63) is 67.3 Å². The van der Waals surface area contributed by atoms with Gasteiger partial charge in [0, 0.05) is 18.8 Å². The van der Waals surface area contributed by atoms with Crippen LogP contribution in [0.3, 0.4) is 0 Å². The molecule has 1 aromatic heterocycles. The number of amides is 1. The van der Waals surface area contributed by atoms with Crippen LogP contribution in [0.25, 0.3) is 0 Å². The molecule has 0 aliphatic carbocycles. The minimum atomic E-state index is -0.0223. The van der Waals surface area contributed by atoms with E-state index in [9.17, 15) is 4.79 Å². The highest BCUT2D eigenvalue weighted by Gasteiger charge is 2.25. The zero-order valence-electron chi connectivity index (χ0n) is 14.9. The lowest BCUT2D eigenvalue weighted by atomic mass is 10.3. The molecule has 7 nitrogen and oxygen atoms in total. The van der Waals surface area contributed by atoms with E-state index in [4.69, 9.17) is 4.74 Å². The van der Waals surface area contributed by atoms with Gasteiger partial charge in [-0.1, -0.05) is 18.2 Å². The summed E-state index contributed by atoms with van der Waals surface area (Å²) in [4.78, 5) is 18.4. The number of nitrogens with one attached hydrogen (secondary N) is 1. The van der Waals surface area contributed by atoms with Crippen molar-refractivity contribution in [2.45, 2.75) is 12.5 Å². The average molecular weight is 363 g/mol. The summed E-state index contributed by atoms with van der Waals surface area (Å²) >= 11 is 0. The van der Waals surface area contributed by atoms with Crippen LogP contribution < -0.4 is 10.1 Å². The Balaban J connectivity index is 1.27. The number of para-hydroxylation sites is 1. The number of carbonyl (C=O) groups is 1. The van der Waals surface area contributed by atoms with Crippen molar-refractivity contribution in [3.8, 4) is 11.5 Å². The lowest BCUT2D eigenvalue weighted by Gasteiger charge is -2.15. The van der Waals surface area contributed by atoms with E-state index in [0.717, 1.165) is 36.7 Å². The second-order valence-corrected chi connectivity index (χ2v) is 6.54. The molecule has 0 bridgehead atoms. The molecule has 27 heavy (non-hydrogen) atoms. The van der Waals surface area contributed by atoms with Crippen molar-refractivity contribution >= 4 is 11.6 Å². The van der Waals surface area contributed by atoms with E-state index in [0.29, 0.717) is 6.54 Å². The molecule has 0 spiro atoms. The highest BCUT2D eigenvalue weighted by atomic mass is 16.5. The molecule has 2 aromatic carbocycles. The Morgan fingerprint density at radius 1 is 1.11 bits per heavy atom. The van der Waals surface area contributed by atoms with Crippen LogP contribution in [-0.2, 0) is 4.79 Å². The third-order valence-electron chi connectivity index (χ3n) is 4.54. The van der Waals surface area contributed by atoms with Crippen LogP contribution in [0.5, 0.6) is 11.5 Å². The maximum Gasteiger partial charge on any atom is 0.238 e. The fourth-order valence-corrected chi connectivity index (χ4v) is 3.21. The van der Waals surface area contributed by atoms with Gasteiger partial charge in [0.1, 0.15) is 24.2 Å². The summed E-state index contributed by atoms with van der Waals surface area (Å²) in [6.07, 6.45) is 4.25. The van der Waals surface area contributed by atoms with Crippen molar-refractivity contribution < 1.29 is 9.53 Å². The number of likely N-dealkylation sites (tertiary alicyclic amines) is 1. The minimum Gasteiger partial charge on any atom is -0.457 e. The van der Waals surface area contributed by atoms with Gasteiger partial charge in [-0.25, -0.2) is 9.67 Å². The van der Waals surface area contributed by atoms with Gasteiger partial charge in [-0.15, -0.1) is 0 Å². The number of aromatic nitrogens is 3. The summed E-state index contributed by atoms with van der Waals surface area (Å²) < 4.78 is 7.62. The Bertz CT molecular complexity index is 865. The molecule has 7 heteroatoms. The number of benzene rings is 2. The molecule has 0 radical (unpaired) electrons. The zero-order chi connectivity index (χ0) is 18.5. The summed E-state index contributed by atoms with van der Waals surface area (Å²) in [6.45, 7) is 2.05. The average Bonchev–Trinajstić information content (AvgIpc) is 3.36. The molecule has 0 saturated carbocycles. The van der Waals surface area contributed by atoms with E-state index in [1.807, 2.05) is 59.3 Å². The van der Waals surface area contributed by atoms with Crippen LogP contribution in [0, 0.1) is 0 Å². The third kappa shape index (κ3) is 4.51. The number of hydrogen-bond acceptors (Lipinski definition) is 5. The Kier molecular flexibility index (Phi) is 5.11. The van der Waals surface area contributed by atoms with Crippen molar-refractivity contribution in [3.63, 3.8) is 0 Å². The van der Waals surface area contributed by atoms with Gasteiger partial charge in [0.05, 0.1) is 12.6 Å². The van der Waals surface area contributed by atoms with Crippen molar-refractivity contribution in [2.75, 3.05) is 25.0 Å². The first kappa shape index (κ1) is 17.2. The highest BCUT2D eigenvalue weighted by molar-refractivity contribution is 5.92. The van der Waals surface area contributed by atoms with E-state index < -0.39 is 0 Å². The Hall–Kier alpha value is -3.19. The lowest BCUT2D eigenvalue weighted by Crippen LogP contribution is -2.31. The molecule has 1 fully saturated rings. The first-order chi connectivity index (χ1) is 13.3. The quantitative estimate of drug-likeness (QED) is 0.729. The summed E-state index contributed by atoms with van der Waals surface area (Å²) in [5.74, 6) is 1.49. The molecule has 3 aromatic rings. The van der Waals surface area contributed by atoms with Crippen LogP contribution >= 0.6 is 0 Å². The minimum absolute atomic E-state index is 0.0223. The van der Waals surface area contributed by atoms with Gasteiger partial charge < -0.3 is 10.1 Å². The number of rotatable bonds is 6. The van der Waals surface area contributed by atoms with Crippen LogP contribution in [-0.4, -0.2) is 45.2 Å². The van der Waals surface area contributed by atoms with Crippen LogP contribution in [0.15, 0.2) is 67.3 Å². The number of ether oxygens (including phenoxy) is 1. The van der Waals surface area contributed by atoms with Crippen molar-refractivity contribution in [1.82, 2.24) is 19.7 Å². The Morgan fingerprint density at radius 3 is 2.63 bits per heavy atom. The fourth-order valence-electron chi connectivity index (χ4n) is 3.21. The molecule has 1 atom stereocenters. The van der Waals surface area contributed by atoms with Gasteiger partial charge in [0.15, 0.2) is 0 Å². The second-order valence-electron chi connectivity index (χ2n) is 6.54. The zero-order valence-corrected chi connectivity index (χ0v) is 14.9. The van der Waals surface area contributed by atoms with Gasteiger partial charge in [-0.05, 0) is 42.8 Å². The van der Waals surface area contributed by atoms with E-state index >= 15 is 0 Å². The SMILES string of the molecule is O=C(CN1CCC(n2cncn2)C1)Nc1ccc(Oc2ccccc2)cc1. The number of anilines is 1. The highest BCUT2D eigenvalue weighted by Crippen LogP contribution is 2.23. The lowest BCUT2D eigenvalue weighted by molar-refractivity contribution is -0.117. The maximum atomic E-state index is 12.3. The molecular weight excluding hydrogens is 342 g/mol. The third-order valence-corrected chi connectivity index (χ3v) is 4.54. The van der Waals surface area contributed by atoms with Crippen molar-refractivity contribution in [2.24, 2.45) is 0 Å². The molecule has 1 unspecified atom stereocenters. The van der Waals surface area contributed by atoms with Gasteiger partial charge in [-0.3, -0.25) is 9.69 Å². The predicted octanol–water partition coefficient (Wildman–Crippen LogP) is 2.96. The number of nitrogens with zero attached hydrogens (tertiary/aromatic N) is 4. The summed E-state index contributed by atoms with van der Waals surface area (Å²) in [6, 6.07) is 17.3. The molecule has 2 heterocycles. The van der Waals surface area contributed by atoms with E-state index in [1.165, 1.54) is 0 Å². The molecule has 1 N–H and O–H groups in total.